The third kappa shape index (κ3) is 5.50. The van der Waals surface area contributed by atoms with Gasteiger partial charge in [-0.1, -0.05) is 0 Å². The minimum atomic E-state index is 0. The third-order valence-electron chi connectivity index (χ3n) is 2.02. The van der Waals surface area contributed by atoms with Gasteiger partial charge in [-0.3, -0.25) is 9.41 Å². The number of hydrogen-bond acceptors (Lipinski definition) is 0. The van der Waals surface area contributed by atoms with Gasteiger partial charge < -0.3 is 0 Å². The van der Waals surface area contributed by atoms with Gasteiger partial charge in [0.1, 0.15) is 0 Å². The Morgan fingerprint density at radius 1 is 1.38 bits per heavy atom. The van der Waals surface area contributed by atoms with Gasteiger partial charge in [0.15, 0.2) is 0 Å². The number of allylic oxidation sites excluding steroid dienone is 4. The summed E-state index contributed by atoms with van der Waals surface area (Å²) in [5.41, 5.74) is 1.64. The van der Waals surface area contributed by atoms with Gasteiger partial charge in [-0.05, 0) is 0 Å². The number of hydrogen-bond donors (Lipinski definition) is 0. The Morgan fingerprint density at radius 3 is 2.38 bits per heavy atom. The van der Waals surface area contributed by atoms with Gasteiger partial charge in [0.25, 0.3) is 0 Å². The van der Waals surface area contributed by atoms with E-state index in [1.807, 2.05) is 0 Å². The molecule has 0 aromatic rings. The molecule has 0 N–H and O–H groups in total. The molecule has 3 heteroatoms. The van der Waals surface area contributed by atoms with Crippen molar-refractivity contribution in [1.82, 2.24) is 0 Å². The van der Waals surface area contributed by atoms with Gasteiger partial charge in [0.05, 0.1) is 0 Å². The Balaban J connectivity index is 0. The van der Waals surface area contributed by atoms with Crippen LogP contribution in [0.5, 0.6) is 0 Å². The van der Waals surface area contributed by atoms with Gasteiger partial charge in [0, 0.05) is 0 Å². The van der Waals surface area contributed by atoms with Crippen LogP contribution in [-0.2, 0) is 24.4 Å². The summed E-state index contributed by atoms with van der Waals surface area (Å²) in [6.45, 7) is 4.60. The molecule has 13 heavy (non-hydrogen) atoms. The number of rotatable bonds is 3. The van der Waals surface area contributed by atoms with Crippen LogP contribution in [0, 0.1) is 5.92 Å². The van der Waals surface area contributed by atoms with E-state index in [4.69, 9.17) is 0 Å². The maximum Gasteiger partial charge on any atom is -0.269 e. The van der Waals surface area contributed by atoms with Crippen molar-refractivity contribution < 1.29 is 33.8 Å². The summed E-state index contributed by atoms with van der Waals surface area (Å²) in [5, 5.41) is 0. The predicted molar refractivity (Wildman–Crippen MR) is 49.9 cm³/mol. The van der Waals surface area contributed by atoms with Crippen molar-refractivity contribution >= 4 is 0 Å². The van der Waals surface area contributed by atoms with Crippen LogP contribution in [0.2, 0.25) is 0 Å². The van der Waals surface area contributed by atoms with E-state index in [0.717, 1.165) is 5.92 Å². The standard InChI is InChI=1S/C10H15.2FH.Hf/c1-9(2)7-8-10-5-3-4-6-10;;;/h3,5,9H,4,7-8H2,1-2H3;2*1H;. The maximum atomic E-state index is 2.32. The average Bonchev–Trinajstić information content (AvgIpc) is 2.31. The Bertz CT molecular complexity index is 195. The molecular weight excluding hydrogens is 337 g/mol. The Hall–Kier alpha value is 0.210. The molecule has 0 amide bonds. The van der Waals surface area contributed by atoms with Gasteiger partial charge >= 0.3 is 84.5 Å². The summed E-state index contributed by atoms with van der Waals surface area (Å²) in [6, 6.07) is 0. The summed E-state index contributed by atoms with van der Waals surface area (Å²) >= 11 is 1.26. The fourth-order valence-corrected chi connectivity index (χ4v) is 2.40. The minimum Gasteiger partial charge on any atom is -0.269 e. The monoisotopic (exact) mass is 355 g/mol. The molecule has 0 spiro atoms. The van der Waals surface area contributed by atoms with E-state index >= 15 is 0 Å². The topological polar surface area (TPSA) is 0 Å². The van der Waals surface area contributed by atoms with Crippen LogP contribution >= 0.6 is 0 Å². The van der Waals surface area contributed by atoms with E-state index in [9.17, 15) is 0 Å². The van der Waals surface area contributed by atoms with Crippen molar-refractivity contribution in [2.45, 2.75) is 33.1 Å². The second-order valence-corrected chi connectivity index (χ2v) is 5.71. The van der Waals surface area contributed by atoms with Crippen LogP contribution in [0.25, 0.3) is 0 Å². The Morgan fingerprint density at radius 2 is 2.00 bits per heavy atom. The molecule has 0 nitrogen and oxygen atoms in total. The molecule has 0 aliphatic heterocycles. The first kappa shape index (κ1) is 15.7. The van der Waals surface area contributed by atoms with Crippen LogP contribution in [-0.4, -0.2) is 0 Å². The smallest absolute Gasteiger partial charge is 0.269 e. The SMILES string of the molecule is CC(C)CCC1=[C]([Hf])CC=C1.F.F. The van der Waals surface area contributed by atoms with Gasteiger partial charge in [-0.15, -0.1) is 0 Å². The molecule has 0 saturated carbocycles. The summed E-state index contributed by atoms with van der Waals surface area (Å²) in [7, 11) is 0. The molecule has 0 heterocycles. The van der Waals surface area contributed by atoms with E-state index < -0.39 is 0 Å². The van der Waals surface area contributed by atoms with Crippen LogP contribution in [0.3, 0.4) is 0 Å². The fourth-order valence-electron chi connectivity index (χ4n) is 1.23. The average molecular weight is 354 g/mol. The normalized spacial score (nSPS) is 14.3. The molecule has 0 saturated heterocycles. The number of halogens is 2. The summed E-state index contributed by atoms with van der Waals surface area (Å²) in [5.74, 6) is 0.853. The van der Waals surface area contributed by atoms with E-state index in [-0.39, 0.29) is 9.41 Å². The van der Waals surface area contributed by atoms with Crippen LogP contribution < -0.4 is 0 Å². The molecule has 0 fully saturated rings. The van der Waals surface area contributed by atoms with E-state index in [1.54, 1.807) is 8.90 Å². The van der Waals surface area contributed by atoms with Gasteiger partial charge in [-0.2, -0.15) is 0 Å². The minimum absolute atomic E-state index is 0. The zero-order chi connectivity index (χ0) is 8.27. The Kier molecular flexibility index (Phi) is 9.16. The van der Waals surface area contributed by atoms with Crippen LogP contribution in [0.4, 0.5) is 9.41 Å². The van der Waals surface area contributed by atoms with Crippen molar-refractivity contribution in [2.24, 2.45) is 5.92 Å². The third-order valence-corrected chi connectivity index (χ3v) is 3.91. The quantitative estimate of drug-likeness (QED) is 0.681. The van der Waals surface area contributed by atoms with Crippen molar-refractivity contribution in [3.8, 4) is 0 Å². The molecular formula is C10H17F2Hf. The van der Waals surface area contributed by atoms with Gasteiger partial charge in [0.2, 0.25) is 0 Å². The van der Waals surface area contributed by atoms with Crippen molar-refractivity contribution in [3.05, 3.63) is 21.1 Å². The first-order chi connectivity index (χ1) is 5.20. The zero-order valence-electron chi connectivity index (χ0n) is 8.17. The summed E-state index contributed by atoms with van der Waals surface area (Å²) in [4.78, 5) is 0. The zero-order valence-corrected chi connectivity index (χ0v) is 11.8. The molecule has 1 rings (SSSR count). The largest absolute Gasteiger partial charge is 0.269 e. The Labute approximate surface area is 93.8 Å². The summed E-state index contributed by atoms with van der Waals surface area (Å²) in [6.07, 6.45) is 8.54. The van der Waals surface area contributed by atoms with E-state index in [0.29, 0.717) is 0 Å². The van der Waals surface area contributed by atoms with Crippen LogP contribution in [0.15, 0.2) is 21.1 Å². The first-order valence-electron chi connectivity index (χ1n) is 4.30. The van der Waals surface area contributed by atoms with Crippen LogP contribution in [0.1, 0.15) is 33.1 Å². The molecule has 0 aromatic heterocycles. The van der Waals surface area contributed by atoms with E-state index in [1.165, 1.54) is 43.6 Å². The molecule has 0 radical (unpaired) electrons. The molecule has 0 atom stereocenters. The fraction of sp³-hybridized carbons (Fsp3) is 0.600. The molecule has 0 bridgehead atoms. The van der Waals surface area contributed by atoms with Crippen molar-refractivity contribution in [1.29, 1.82) is 0 Å². The van der Waals surface area contributed by atoms with Crippen molar-refractivity contribution in [3.63, 3.8) is 0 Å². The molecule has 75 valence electrons. The van der Waals surface area contributed by atoms with Crippen molar-refractivity contribution in [2.75, 3.05) is 0 Å². The predicted octanol–water partition coefficient (Wildman–Crippen LogP) is 3.49. The summed E-state index contributed by atoms with van der Waals surface area (Å²) < 4.78 is 1.71. The van der Waals surface area contributed by atoms with E-state index in [2.05, 4.69) is 26.0 Å². The second kappa shape index (κ2) is 7.60. The molecule has 0 unspecified atom stereocenters. The maximum absolute atomic E-state index is 2.32. The molecule has 1 aliphatic rings. The molecule has 0 aromatic carbocycles. The van der Waals surface area contributed by atoms with Gasteiger partial charge in [-0.25, -0.2) is 0 Å². The second-order valence-electron chi connectivity index (χ2n) is 3.54. The molecule has 1 aliphatic carbocycles. The first-order valence-corrected chi connectivity index (χ1v) is 6.10.